The van der Waals surface area contributed by atoms with Crippen LogP contribution in [-0.2, 0) is 0 Å². The molecular formula is C12H17ClO2. The normalized spacial score (nSPS) is 14.9. The highest BCUT2D eigenvalue weighted by Crippen LogP contribution is 2.26. The van der Waals surface area contributed by atoms with Gasteiger partial charge in [-0.2, -0.15) is 0 Å². The quantitative estimate of drug-likeness (QED) is 0.814. The van der Waals surface area contributed by atoms with Gasteiger partial charge in [0.15, 0.2) is 0 Å². The van der Waals surface area contributed by atoms with E-state index in [0.717, 1.165) is 12.8 Å². The van der Waals surface area contributed by atoms with E-state index in [1.807, 2.05) is 0 Å². The highest BCUT2D eigenvalue weighted by Gasteiger charge is 2.19. The maximum atomic E-state index is 9.86. The molecular weight excluding hydrogens is 212 g/mol. The monoisotopic (exact) mass is 228 g/mol. The molecule has 1 unspecified atom stereocenters. The van der Waals surface area contributed by atoms with Crippen molar-refractivity contribution in [2.75, 3.05) is 0 Å². The third-order valence-corrected chi connectivity index (χ3v) is 2.79. The standard InChI is InChI=1S/C12H17ClO2/c1-2-3-8-11(14)12(15)9-6-4-5-7-10(9)13/h4-7,11-12,14-15H,2-3,8H2,1H3/t11?,12-/m0/s1. The second kappa shape index (κ2) is 6.11. The number of halogens is 1. The minimum atomic E-state index is -0.884. The van der Waals surface area contributed by atoms with E-state index in [1.165, 1.54) is 0 Å². The van der Waals surface area contributed by atoms with E-state index in [0.29, 0.717) is 17.0 Å². The van der Waals surface area contributed by atoms with Crippen LogP contribution in [0.3, 0.4) is 0 Å². The van der Waals surface area contributed by atoms with Crippen molar-refractivity contribution in [1.82, 2.24) is 0 Å². The minimum absolute atomic E-state index is 0.501. The molecule has 0 aromatic heterocycles. The second-order valence-corrected chi connectivity index (χ2v) is 4.08. The van der Waals surface area contributed by atoms with Gasteiger partial charge in [0.1, 0.15) is 6.10 Å². The topological polar surface area (TPSA) is 40.5 Å². The zero-order valence-corrected chi connectivity index (χ0v) is 9.61. The van der Waals surface area contributed by atoms with Gasteiger partial charge in [0.25, 0.3) is 0 Å². The summed E-state index contributed by atoms with van der Waals surface area (Å²) in [5, 5.41) is 20.1. The molecule has 0 saturated heterocycles. The van der Waals surface area contributed by atoms with Crippen LogP contribution in [0.1, 0.15) is 37.9 Å². The number of rotatable bonds is 5. The zero-order valence-electron chi connectivity index (χ0n) is 8.86. The van der Waals surface area contributed by atoms with E-state index in [-0.39, 0.29) is 0 Å². The Morgan fingerprint density at radius 3 is 2.53 bits per heavy atom. The highest BCUT2D eigenvalue weighted by molar-refractivity contribution is 6.31. The zero-order chi connectivity index (χ0) is 11.3. The SMILES string of the molecule is CCCCC(O)[C@@H](O)c1ccccc1Cl. The Morgan fingerprint density at radius 2 is 1.93 bits per heavy atom. The van der Waals surface area contributed by atoms with Crippen LogP contribution < -0.4 is 0 Å². The number of hydrogen-bond acceptors (Lipinski definition) is 2. The van der Waals surface area contributed by atoms with E-state index in [4.69, 9.17) is 11.6 Å². The van der Waals surface area contributed by atoms with Crippen molar-refractivity contribution in [3.8, 4) is 0 Å². The first-order valence-corrected chi connectivity index (χ1v) is 5.65. The van der Waals surface area contributed by atoms with Crippen LogP contribution in [0, 0.1) is 0 Å². The molecule has 0 aliphatic heterocycles. The average Bonchev–Trinajstić information content (AvgIpc) is 2.25. The molecule has 0 aliphatic carbocycles. The van der Waals surface area contributed by atoms with E-state index in [1.54, 1.807) is 24.3 Å². The molecule has 0 fully saturated rings. The number of unbranched alkanes of at least 4 members (excludes halogenated alkanes) is 1. The third kappa shape index (κ3) is 3.49. The molecule has 0 saturated carbocycles. The number of aliphatic hydroxyl groups excluding tert-OH is 2. The van der Waals surface area contributed by atoms with Gasteiger partial charge in [-0.15, -0.1) is 0 Å². The molecule has 0 aliphatic rings. The van der Waals surface area contributed by atoms with E-state index in [2.05, 4.69) is 6.92 Å². The Bertz CT molecular complexity index is 301. The number of aliphatic hydroxyl groups is 2. The lowest BCUT2D eigenvalue weighted by Gasteiger charge is -2.18. The number of hydrogen-bond donors (Lipinski definition) is 2. The second-order valence-electron chi connectivity index (χ2n) is 3.68. The molecule has 0 bridgehead atoms. The van der Waals surface area contributed by atoms with Gasteiger partial charge in [-0.05, 0) is 12.5 Å². The van der Waals surface area contributed by atoms with Crippen molar-refractivity contribution >= 4 is 11.6 Å². The van der Waals surface area contributed by atoms with Crippen molar-refractivity contribution in [3.63, 3.8) is 0 Å². The van der Waals surface area contributed by atoms with Crippen LogP contribution in [0.25, 0.3) is 0 Å². The summed E-state index contributed by atoms with van der Waals surface area (Å²) < 4.78 is 0. The summed E-state index contributed by atoms with van der Waals surface area (Å²) in [6, 6.07) is 7.06. The summed E-state index contributed by atoms with van der Waals surface area (Å²) in [6.45, 7) is 2.05. The minimum Gasteiger partial charge on any atom is -0.390 e. The molecule has 0 heterocycles. The van der Waals surface area contributed by atoms with Gasteiger partial charge < -0.3 is 10.2 Å². The van der Waals surface area contributed by atoms with Crippen LogP contribution in [0.5, 0.6) is 0 Å². The Hall–Kier alpha value is -0.570. The summed E-state index contributed by atoms with van der Waals surface area (Å²) in [6.07, 6.45) is 0.896. The summed E-state index contributed by atoms with van der Waals surface area (Å²) in [4.78, 5) is 0. The molecule has 1 aromatic rings. The van der Waals surface area contributed by atoms with E-state index >= 15 is 0 Å². The number of benzene rings is 1. The summed E-state index contributed by atoms with van der Waals surface area (Å²) in [5.74, 6) is 0. The van der Waals surface area contributed by atoms with Gasteiger partial charge in [-0.25, -0.2) is 0 Å². The van der Waals surface area contributed by atoms with Crippen LogP contribution >= 0.6 is 11.6 Å². The Labute approximate surface area is 95.5 Å². The van der Waals surface area contributed by atoms with Crippen LogP contribution in [0.4, 0.5) is 0 Å². The first-order valence-electron chi connectivity index (χ1n) is 5.27. The predicted octanol–water partition coefficient (Wildman–Crippen LogP) is 2.92. The molecule has 15 heavy (non-hydrogen) atoms. The van der Waals surface area contributed by atoms with Crippen LogP contribution in [0.2, 0.25) is 5.02 Å². The maximum Gasteiger partial charge on any atom is 0.106 e. The molecule has 84 valence electrons. The van der Waals surface area contributed by atoms with Crippen molar-refractivity contribution < 1.29 is 10.2 Å². The molecule has 0 amide bonds. The molecule has 2 nitrogen and oxygen atoms in total. The van der Waals surface area contributed by atoms with Gasteiger partial charge in [0.2, 0.25) is 0 Å². The fourth-order valence-corrected chi connectivity index (χ4v) is 1.74. The lowest BCUT2D eigenvalue weighted by atomic mass is 10.0. The Morgan fingerprint density at radius 1 is 1.27 bits per heavy atom. The van der Waals surface area contributed by atoms with Crippen LogP contribution in [-0.4, -0.2) is 16.3 Å². The molecule has 1 rings (SSSR count). The van der Waals surface area contributed by atoms with E-state index < -0.39 is 12.2 Å². The Balaban J connectivity index is 2.67. The van der Waals surface area contributed by atoms with Crippen molar-refractivity contribution in [2.24, 2.45) is 0 Å². The first kappa shape index (κ1) is 12.5. The van der Waals surface area contributed by atoms with Crippen molar-refractivity contribution in [3.05, 3.63) is 34.9 Å². The largest absolute Gasteiger partial charge is 0.390 e. The molecule has 2 N–H and O–H groups in total. The fourth-order valence-electron chi connectivity index (χ4n) is 1.49. The molecule has 2 atom stereocenters. The first-order chi connectivity index (χ1) is 7.16. The van der Waals surface area contributed by atoms with Gasteiger partial charge in [0, 0.05) is 10.6 Å². The van der Waals surface area contributed by atoms with Gasteiger partial charge >= 0.3 is 0 Å². The Kier molecular flexibility index (Phi) is 5.09. The van der Waals surface area contributed by atoms with E-state index in [9.17, 15) is 10.2 Å². The maximum absolute atomic E-state index is 9.86. The molecule has 1 aromatic carbocycles. The predicted molar refractivity (Wildman–Crippen MR) is 61.9 cm³/mol. The summed E-state index contributed by atoms with van der Waals surface area (Å²) in [7, 11) is 0. The summed E-state index contributed by atoms with van der Waals surface area (Å²) >= 11 is 5.93. The third-order valence-electron chi connectivity index (χ3n) is 2.44. The average molecular weight is 229 g/mol. The van der Waals surface area contributed by atoms with Crippen LogP contribution in [0.15, 0.2) is 24.3 Å². The fraction of sp³-hybridized carbons (Fsp3) is 0.500. The smallest absolute Gasteiger partial charge is 0.106 e. The lowest BCUT2D eigenvalue weighted by molar-refractivity contribution is 0.0123. The summed E-state index contributed by atoms with van der Waals surface area (Å²) in [5.41, 5.74) is 0.600. The van der Waals surface area contributed by atoms with Gasteiger partial charge in [-0.1, -0.05) is 49.6 Å². The molecule has 0 spiro atoms. The lowest BCUT2D eigenvalue weighted by Crippen LogP contribution is -2.18. The van der Waals surface area contributed by atoms with Gasteiger partial charge in [0.05, 0.1) is 6.10 Å². The molecule has 0 radical (unpaired) electrons. The van der Waals surface area contributed by atoms with Crippen molar-refractivity contribution in [1.29, 1.82) is 0 Å². The molecule has 3 heteroatoms. The highest BCUT2D eigenvalue weighted by atomic mass is 35.5. The van der Waals surface area contributed by atoms with Crippen molar-refractivity contribution in [2.45, 2.75) is 38.4 Å². The van der Waals surface area contributed by atoms with Gasteiger partial charge in [-0.3, -0.25) is 0 Å².